The molecule has 3 rings (SSSR count). The van der Waals surface area contributed by atoms with Gasteiger partial charge in [0.15, 0.2) is 0 Å². The second-order valence-electron chi connectivity index (χ2n) is 4.47. The molecule has 2 N–H and O–H groups in total. The Hall–Kier alpha value is -1.66. The molecular weight excluding hydrogens is 338 g/mol. The third kappa shape index (κ3) is 2.36. The lowest BCUT2D eigenvalue weighted by molar-refractivity contribution is 0.204. The highest BCUT2D eigenvalue weighted by Crippen LogP contribution is 2.36. The molecule has 2 amide bonds. The highest BCUT2D eigenvalue weighted by molar-refractivity contribution is 9.10. The number of amidine groups is 1. The molecule has 0 bridgehead atoms. The molecule has 4 nitrogen and oxygen atoms in total. The minimum atomic E-state index is -0.281. The molecular formula is C14H12BrN3OS. The molecule has 2 heterocycles. The molecule has 0 aliphatic carbocycles. The van der Waals surface area contributed by atoms with Gasteiger partial charge in [-0.25, -0.2) is 4.79 Å². The van der Waals surface area contributed by atoms with Crippen molar-refractivity contribution in [2.75, 3.05) is 0 Å². The van der Waals surface area contributed by atoms with Crippen LogP contribution in [0.1, 0.15) is 16.5 Å². The number of amides is 2. The summed E-state index contributed by atoms with van der Waals surface area (Å²) in [5.74, 6) is 0.356. The summed E-state index contributed by atoms with van der Waals surface area (Å²) < 4.78 is 0.957. The maximum Gasteiger partial charge on any atom is 0.346 e. The van der Waals surface area contributed by atoms with Crippen molar-refractivity contribution >= 4 is 39.1 Å². The number of thiophene rings is 1. The van der Waals surface area contributed by atoms with Crippen LogP contribution in [0.15, 0.2) is 51.2 Å². The first-order valence-electron chi connectivity index (χ1n) is 6.08. The van der Waals surface area contributed by atoms with Gasteiger partial charge < -0.3 is 10.6 Å². The van der Waals surface area contributed by atoms with E-state index in [1.807, 2.05) is 41.8 Å². The van der Waals surface area contributed by atoms with Crippen LogP contribution in [0, 0.1) is 0 Å². The number of rotatable bonds is 3. The molecule has 20 heavy (non-hydrogen) atoms. The topological polar surface area (TPSA) is 58.7 Å². The number of hydrogen-bond donors (Lipinski definition) is 1. The Balaban J connectivity index is 1.93. The van der Waals surface area contributed by atoms with Crippen LogP contribution in [0.4, 0.5) is 4.79 Å². The van der Waals surface area contributed by atoms with E-state index in [2.05, 4.69) is 20.9 Å². The number of hydrogen-bond acceptors (Lipinski definition) is 3. The first kappa shape index (κ1) is 13.3. The largest absolute Gasteiger partial charge is 0.385 e. The molecule has 1 unspecified atom stereocenters. The van der Waals surface area contributed by atoms with Crippen molar-refractivity contribution in [3.05, 3.63) is 56.7 Å². The molecule has 102 valence electrons. The third-order valence-corrected chi connectivity index (χ3v) is 5.07. The number of carbonyl (C=O) groups excluding carboxylic acids is 1. The van der Waals surface area contributed by atoms with E-state index < -0.39 is 0 Å². The molecule has 6 heteroatoms. The van der Waals surface area contributed by atoms with Crippen molar-refractivity contribution in [2.24, 2.45) is 10.7 Å². The van der Waals surface area contributed by atoms with Crippen LogP contribution in [0.2, 0.25) is 0 Å². The van der Waals surface area contributed by atoms with Gasteiger partial charge in [0, 0.05) is 15.9 Å². The van der Waals surface area contributed by atoms with Crippen LogP contribution in [0.25, 0.3) is 0 Å². The van der Waals surface area contributed by atoms with Gasteiger partial charge >= 0.3 is 6.03 Å². The normalized spacial score (nSPS) is 18.4. The quantitative estimate of drug-likeness (QED) is 0.920. The minimum absolute atomic E-state index is 0.280. The summed E-state index contributed by atoms with van der Waals surface area (Å²) in [6, 6.07) is 11.2. The first-order valence-corrected chi connectivity index (χ1v) is 7.75. The first-order chi connectivity index (χ1) is 9.66. The molecule has 1 aliphatic heterocycles. The van der Waals surface area contributed by atoms with E-state index in [0.29, 0.717) is 12.4 Å². The van der Waals surface area contributed by atoms with Crippen molar-refractivity contribution in [2.45, 2.75) is 12.6 Å². The number of benzene rings is 1. The number of aliphatic imine (C=N–C) groups is 1. The standard InChI is InChI=1S/C14H12BrN3OS/c15-10-6-7-20-12(10)11-13(16)17-14(19)18(11)8-9-4-2-1-3-5-9/h1-7,11H,8H2,(H2,16,17,19). The molecule has 0 saturated heterocycles. The van der Waals surface area contributed by atoms with E-state index in [1.54, 1.807) is 16.2 Å². The highest BCUT2D eigenvalue weighted by Gasteiger charge is 2.36. The summed E-state index contributed by atoms with van der Waals surface area (Å²) in [5.41, 5.74) is 7.01. The van der Waals surface area contributed by atoms with Crippen LogP contribution >= 0.6 is 27.3 Å². The van der Waals surface area contributed by atoms with Gasteiger partial charge in [0.2, 0.25) is 0 Å². The third-order valence-electron chi connectivity index (χ3n) is 3.15. The highest BCUT2D eigenvalue weighted by atomic mass is 79.9. The monoisotopic (exact) mass is 349 g/mol. The second-order valence-corrected chi connectivity index (χ2v) is 6.27. The fourth-order valence-corrected chi connectivity index (χ4v) is 3.93. The fourth-order valence-electron chi connectivity index (χ4n) is 2.22. The molecule has 0 saturated carbocycles. The van der Waals surface area contributed by atoms with Crippen LogP contribution in [0.5, 0.6) is 0 Å². The average Bonchev–Trinajstić information content (AvgIpc) is 2.95. The summed E-state index contributed by atoms with van der Waals surface area (Å²) in [4.78, 5) is 18.7. The van der Waals surface area contributed by atoms with E-state index in [9.17, 15) is 4.79 Å². The molecule has 0 spiro atoms. The summed E-state index contributed by atoms with van der Waals surface area (Å²) in [5, 5.41) is 1.97. The van der Waals surface area contributed by atoms with Gasteiger partial charge in [-0.3, -0.25) is 0 Å². The average molecular weight is 350 g/mol. The molecule has 1 atom stereocenters. The van der Waals surface area contributed by atoms with E-state index in [1.165, 1.54) is 0 Å². The SMILES string of the molecule is NC1=NC(=O)N(Cc2ccccc2)C1c1sccc1Br. The van der Waals surface area contributed by atoms with Crippen LogP contribution < -0.4 is 5.73 Å². The number of urea groups is 1. The Morgan fingerprint density at radius 3 is 2.70 bits per heavy atom. The van der Waals surface area contributed by atoms with Crippen molar-refractivity contribution in [1.82, 2.24) is 4.90 Å². The summed E-state index contributed by atoms with van der Waals surface area (Å²) in [7, 11) is 0. The predicted octanol–water partition coefficient (Wildman–Crippen LogP) is 3.54. The lowest BCUT2D eigenvalue weighted by atomic mass is 10.1. The number of nitrogens with two attached hydrogens (primary N) is 1. The molecule has 2 aromatic rings. The van der Waals surface area contributed by atoms with Gasteiger partial charge in [0.25, 0.3) is 0 Å². The number of halogens is 1. The lowest BCUT2D eigenvalue weighted by Crippen LogP contribution is -2.32. The Kier molecular flexibility index (Phi) is 3.58. The Labute approximate surface area is 129 Å². The maximum absolute atomic E-state index is 12.1. The smallest absolute Gasteiger partial charge is 0.346 e. The molecule has 1 aliphatic rings. The van der Waals surface area contributed by atoms with Crippen molar-refractivity contribution in [3.8, 4) is 0 Å². The van der Waals surface area contributed by atoms with Gasteiger partial charge in [-0.05, 0) is 32.9 Å². The van der Waals surface area contributed by atoms with Gasteiger partial charge in [-0.15, -0.1) is 11.3 Å². The van der Waals surface area contributed by atoms with E-state index in [-0.39, 0.29) is 12.1 Å². The van der Waals surface area contributed by atoms with Gasteiger partial charge in [0.05, 0.1) is 0 Å². The van der Waals surface area contributed by atoms with E-state index >= 15 is 0 Å². The minimum Gasteiger partial charge on any atom is -0.385 e. The van der Waals surface area contributed by atoms with E-state index in [4.69, 9.17) is 5.73 Å². The van der Waals surface area contributed by atoms with Gasteiger partial charge in [-0.2, -0.15) is 4.99 Å². The van der Waals surface area contributed by atoms with Crippen LogP contribution in [-0.4, -0.2) is 16.8 Å². The van der Waals surface area contributed by atoms with Gasteiger partial charge in [-0.1, -0.05) is 30.3 Å². The Bertz CT molecular complexity index is 668. The Morgan fingerprint density at radius 1 is 1.30 bits per heavy atom. The second kappa shape index (κ2) is 5.38. The van der Waals surface area contributed by atoms with Crippen molar-refractivity contribution < 1.29 is 4.79 Å². The Morgan fingerprint density at radius 2 is 2.05 bits per heavy atom. The molecule has 0 radical (unpaired) electrons. The van der Waals surface area contributed by atoms with Crippen molar-refractivity contribution in [1.29, 1.82) is 0 Å². The molecule has 0 fully saturated rings. The molecule has 1 aromatic heterocycles. The molecule has 1 aromatic carbocycles. The van der Waals surface area contributed by atoms with Crippen molar-refractivity contribution in [3.63, 3.8) is 0 Å². The summed E-state index contributed by atoms with van der Waals surface area (Å²) in [6.45, 7) is 0.499. The maximum atomic E-state index is 12.1. The van der Waals surface area contributed by atoms with E-state index in [0.717, 1.165) is 14.9 Å². The van der Waals surface area contributed by atoms with Crippen LogP contribution in [0.3, 0.4) is 0 Å². The predicted molar refractivity (Wildman–Crippen MR) is 83.8 cm³/mol. The number of carbonyl (C=O) groups is 1. The zero-order chi connectivity index (χ0) is 14.1. The van der Waals surface area contributed by atoms with Crippen LogP contribution in [-0.2, 0) is 6.54 Å². The zero-order valence-electron chi connectivity index (χ0n) is 10.5. The summed E-state index contributed by atoms with van der Waals surface area (Å²) in [6.07, 6.45) is 0. The fraction of sp³-hybridized carbons (Fsp3) is 0.143. The number of nitrogens with zero attached hydrogens (tertiary/aromatic N) is 2. The van der Waals surface area contributed by atoms with Gasteiger partial charge in [0.1, 0.15) is 11.9 Å². The lowest BCUT2D eigenvalue weighted by Gasteiger charge is -2.23. The zero-order valence-corrected chi connectivity index (χ0v) is 12.9. The summed E-state index contributed by atoms with van der Waals surface area (Å²) >= 11 is 5.06.